The van der Waals surface area contributed by atoms with Crippen molar-refractivity contribution in [3.63, 3.8) is 0 Å². The van der Waals surface area contributed by atoms with E-state index in [4.69, 9.17) is 0 Å². The van der Waals surface area contributed by atoms with Gasteiger partial charge in [0.2, 0.25) is 0 Å². The maximum Gasteiger partial charge on any atom is 0.0221 e. The van der Waals surface area contributed by atoms with Gasteiger partial charge in [-0.15, -0.1) is 0 Å². The zero-order valence-electron chi connectivity index (χ0n) is 9.09. The highest BCUT2D eigenvalue weighted by molar-refractivity contribution is 4.95. The molecule has 1 saturated heterocycles. The van der Waals surface area contributed by atoms with E-state index < -0.39 is 0 Å². The molecule has 0 aromatic carbocycles. The molecular formula is C11H22N2. The molecule has 2 fully saturated rings. The Bertz CT molecular complexity index is 181. The van der Waals surface area contributed by atoms with E-state index >= 15 is 0 Å². The zero-order valence-corrected chi connectivity index (χ0v) is 9.09. The minimum atomic E-state index is 0.624. The second kappa shape index (κ2) is 3.58. The molecule has 1 N–H and O–H groups in total. The van der Waals surface area contributed by atoms with Crippen molar-refractivity contribution in [3.8, 4) is 0 Å². The van der Waals surface area contributed by atoms with Crippen LogP contribution in [0.25, 0.3) is 0 Å². The number of likely N-dealkylation sites (tertiary alicyclic amines) is 1. The summed E-state index contributed by atoms with van der Waals surface area (Å²) < 4.78 is 0. The molecule has 2 bridgehead atoms. The Morgan fingerprint density at radius 2 is 2.08 bits per heavy atom. The number of nitrogens with one attached hydrogen (secondary N) is 1. The van der Waals surface area contributed by atoms with Crippen LogP contribution in [0.15, 0.2) is 0 Å². The van der Waals surface area contributed by atoms with Crippen LogP contribution in [0.2, 0.25) is 0 Å². The first-order valence-electron chi connectivity index (χ1n) is 5.65. The molecule has 1 saturated carbocycles. The summed E-state index contributed by atoms with van der Waals surface area (Å²) >= 11 is 0. The molecule has 1 aliphatic carbocycles. The SMILES string of the molecule is CNC(C)C(C)N1CC2CCC1C2. The van der Waals surface area contributed by atoms with E-state index in [-0.39, 0.29) is 0 Å². The summed E-state index contributed by atoms with van der Waals surface area (Å²) in [5, 5.41) is 3.36. The minimum absolute atomic E-state index is 0.624. The maximum atomic E-state index is 3.36. The molecule has 2 aliphatic rings. The lowest BCUT2D eigenvalue weighted by atomic mass is 10.1. The number of rotatable bonds is 3. The van der Waals surface area contributed by atoms with Gasteiger partial charge in [-0.2, -0.15) is 0 Å². The van der Waals surface area contributed by atoms with Crippen molar-refractivity contribution in [3.05, 3.63) is 0 Å². The van der Waals surface area contributed by atoms with Gasteiger partial charge in [-0.25, -0.2) is 0 Å². The van der Waals surface area contributed by atoms with Gasteiger partial charge in [0.15, 0.2) is 0 Å². The average Bonchev–Trinajstić information content (AvgIpc) is 2.76. The Morgan fingerprint density at radius 1 is 1.31 bits per heavy atom. The number of likely N-dealkylation sites (N-methyl/N-ethyl adjacent to an activating group) is 1. The Balaban J connectivity index is 1.94. The van der Waals surface area contributed by atoms with Gasteiger partial charge in [-0.1, -0.05) is 0 Å². The highest BCUT2D eigenvalue weighted by atomic mass is 15.2. The maximum absolute atomic E-state index is 3.36. The standard InChI is InChI=1S/C11H22N2/c1-8(12-3)9(2)13-7-10-4-5-11(13)6-10/h8-12H,4-7H2,1-3H3. The lowest BCUT2D eigenvalue weighted by molar-refractivity contribution is 0.136. The lowest BCUT2D eigenvalue weighted by Crippen LogP contribution is -2.48. The first kappa shape index (κ1) is 9.47. The summed E-state index contributed by atoms with van der Waals surface area (Å²) in [4.78, 5) is 2.72. The molecule has 0 spiro atoms. The third-order valence-corrected chi connectivity index (χ3v) is 4.15. The average molecular weight is 182 g/mol. The van der Waals surface area contributed by atoms with Crippen LogP contribution in [0.3, 0.4) is 0 Å². The van der Waals surface area contributed by atoms with Gasteiger partial charge in [-0.3, -0.25) is 4.90 Å². The molecule has 76 valence electrons. The summed E-state index contributed by atoms with van der Waals surface area (Å²) in [5.74, 6) is 1.02. The van der Waals surface area contributed by atoms with Crippen molar-refractivity contribution in [1.82, 2.24) is 10.2 Å². The van der Waals surface area contributed by atoms with Gasteiger partial charge >= 0.3 is 0 Å². The molecule has 1 aliphatic heterocycles. The van der Waals surface area contributed by atoms with Crippen LogP contribution in [0.1, 0.15) is 33.1 Å². The van der Waals surface area contributed by atoms with Gasteiger partial charge in [-0.05, 0) is 46.1 Å². The van der Waals surface area contributed by atoms with E-state index in [2.05, 4.69) is 31.1 Å². The second-order valence-corrected chi connectivity index (χ2v) is 4.85. The van der Waals surface area contributed by atoms with Crippen LogP contribution >= 0.6 is 0 Å². The minimum Gasteiger partial charge on any atom is -0.316 e. The van der Waals surface area contributed by atoms with Crippen molar-refractivity contribution >= 4 is 0 Å². The van der Waals surface area contributed by atoms with E-state index in [1.54, 1.807) is 0 Å². The number of hydrogen-bond acceptors (Lipinski definition) is 2. The normalized spacial score (nSPS) is 38.1. The lowest BCUT2D eigenvalue weighted by Gasteiger charge is -2.36. The van der Waals surface area contributed by atoms with Crippen molar-refractivity contribution < 1.29 is 0 Å². The van der Waals surface area contributed by atoms with Gasteiger partial charge in [0.1, 0.15) is 0 Å². The van der Waals surface area contributed by atoms with E-state index in [0.717, 1.165) is 12.0 Å². The Morgan fingerprint density at radius 3 is 2.54 bits per heavy atom. The molecule has 0 amide bonds. The first-order chi connectivity index (χ1) is 6.22. The molecule has 0 aromatic heterocycles. The summed E-state index contributed by atoms with van der Waals surface area (Å²) in [5.41, 5.74) is 0. The molecule has 4 atom stereocenters. The molecule has 4 unspecified atom stereocenters. The highest BCUT2D eigenvalue weighted by Crippen LogP contribution is 2.38. The Hall–Kier alpha value is -0.0800. The van der Waals surface area contributed by atoms with Crippen LogP contribution in [-0.4, -0.2) is 36.6 Å². The number of hydrogen-bond donors (Lipinski definition) is 1. The van der Waals surface area contributed by atoms with Crippen LogP contribution in [0, 0.1) is 5.92 Å². The fourth-order valence-corrected chi connectivity index (χ4v) is 2.99. The number of nitrogens with zero attached hydrogens (tertiary/aromatic N) is 1. The Labute approximate surface area is 81.7 Å². The largest absolute Gasteiger partial charge is 0.316 e. The molecule has 1 heterocycles. The monoisotopic (exact) mass is 182 g/mol. The fraction of sp³-hybridized carbons (Fsp3) is 1.00. The zero-order chi connectivity index (χ0) is 9.42. The molecule has 13 heavy (non-hydrogen) atoms. The second-order valence-electron chi connectivity index (χ2n) is 4.85. The van der Waals surface area contributed by atoms with E-state index in [0.29, 0.717) is 12.1 Å². The van der Waals surface area contributed by atoms with Crippen molar-refractivity contribution in [2.45, 2.75) is 51.2 Å². The van der Waals surface area contributed by atoms with Crippen LogP contribution in [0.4, 0.5) is 0 Å². The number of fused-ring (bicyclic) bond motifs is 2. The summed E-state index contributed by atoms with van der Waals surface area (Å²) in [7, 11) is 2.06. The Kier molecular flexibility index (Phi) is 2.61. The predicted octanol–water partition coefficient (Wildman–Crippen LogP) is 1.47. The van der Waals surface area contributed by atoms with Gasteiger partial charge < -0.3 is 5.32 Å². The topological polar surface area (TPSA) is 15.3 Å². The van der Waals surface area contributed by atoms with Gasteiger partial charge in [0.25, 0.3) is 0 Å². The van der Waals surface area contributed by atoms with Crippen LogP contribution < -0.4 is 5.32 Å². The van der Waals surface area contributed by atoms with Crippen LogP contribution in [0.5, 0.6) is 0 Å². The third kappa shape index (κ3) is 1.62. The molecular weight excluding hydrogens is 160 g/mol. The van der Waals surface area contributed by atoms with E-state index in [1.807, 2.05) is 0 Å². The van der Waals surface area contributed by atoms with Crippen LogP contribution in [-0.2, 0) is 0 Å². The smallest absolute Gasteiger partial charge is 0.0221 e. The predicted molar refractivity (Wildman–Crippen MR) is 55.8 cm³/mol. The molecule has 0 aromatic rings. The number of piperidine rings is 1. The summed E-state index contributed by atoms with van der Waals surface area (Å²) in [6.07, 6.45) is 4.41. The molecule has 2 nitrogen and oxygen atoms in total. The van der Waals surface area contributed by atoms with Crippen molar-refractivity contribution in [2.24, 2.45) is 5.92 Å². The summed E-state index contributed by atoms with van der Waals surface area (Å²) in [6.45, 7) is 6.01. The molecule has 0 radical (unpaired) electrons. The quantitative estimate of drug-likeness (QED) is 0.711. The molecule has 2 rings (SSSR count). The van der Waals surface area contributed by atoms with Gasteiger partial charge in [0.05, 0.1) is 0 Å². The van der Waals surface area contributed by atoms with E-state index in [1.165, 1.54) is 25.8 Å². The van der Waals surface area contributed by atoms with Gasteiger partial charge in [0, 0.05) is 24.7 Å². The highest BCUT2D eigenvalue weighted by Gasteiger charge is 2.40. The van der Waals surface area contributed by atoms with Crippen molar-refractivity contribution in [2.75, 3.05) is 13.6 Å². The van der Waals surface area contributed by atoms with E-state index in [9.17, 15) is 0 Å². The van der Waals surface area contributed by atoms with Crippen molar-refractivity contribution in [1.29, 1.82) is 0 Å². The molecule has 2 heteroatoms. The third-order valence-electron chi connectivity index (χ3n) is 4.15. The first-order valence-corrected chi connectivity index (χ1v) is 5.65. The summed E-state index contributed by atoms with van der Waals surface area (Å²) in [6, 6.07) is 2.25. The fourth-order valence-electron chi connectivity index (χ4n) is 2.99.